The van der Waals surface area contributed by atoms with E-state index in [1.807, 2.05) is 0 Å². The lowest BCUT2D eigenvalue weighted by Gasteiger charge is -2.49. The third-order valence-corrected chi connectivity index (χ3v) is 2.69. The van der Waals surface area contributed by atoms with Crippen LogP contribution in [0.1, 0.15) is 20.8 Å². The van der Waals surface area contributed by atoms with Gasteiger partial charge in [0, 0.05) is 6.04 Å². The molecule has 1 fully saturated rings. The highest BCUT2D eigenvalue weighted by molar-refractivity contribution is 4.99. The van der Waals surface area contributed by atoms with Gasteiger partial charge >= 0.3 is 0 Å². The second-order valence-corrected chi connectivity index (χ2v) is 4.86. The molecule has 3 heteroatoms. The number of hydrogen-bond donors (Lipinski definition) is 2. The summed E-state index contributed by atoms with van der Waals surface area (Å²) in [5.74, 6) is 0. The van der Waals surface area contributed by atoms with E-state index in [-0.39, 0.29) is 23.5 Å². The highest BCUT2D eigenvalue weighted by Gasteiger charge is 2.47. The van der Waals surface area contributed by atoms with E-state index < -0.39 is 0 Å². The van der Waals surface area contributed by atoms with E-state index in [2.05, 4.69) is 20.8 Å². The van der Waals surface area contributed by atoms with Crippen molar-refractivity contribution in [1.82, 2.24) is 0 Å². The first-order chi connectivity index (χ1) is 5.42. The quantitative estimate of drug-likeness (QED) is 0.634. The van der Waals surface area contributed by atoms with Crippen LogP contribution in [-0.4, -0.2) is 31.0 Å². The van der Waals surface area contributed by atoms with Gasteiger partial charge in [-0.3, -0.25) is 0 Å². The smallest absolute Gasteiger partial charge is 0.0582 e. The maximum atomic E-state index is 9.21. The zero-order valence-electron chi connectivity index (χ0n) is 8.13. The maximum Gasteiger partial charge on any atom is 0.0582 e. The van der Waals surface area contributed by atoms with Gasteiger partial charge in [-0.1, -0.05) is 20.8 Å². The molecule has 1 atom stereocenters. The average molecular weight is 173 g/mol. The molecule has 3 nitrogen and oxygen atoms in total. The Kier molecular flexibility index (Phi) is 2.47. The molecule has 1 saturated heterocycles. The van der Waals surface area contributed by atoms with Gasteiger partial charge in [-0.25, -0.2) is 0 Å². The molecule has 1 heterocycles. The van der Waals surface area contributed by atoms with Crippen molar-refractivity contribution in [3.8, 4) is 0 Å². The highest BCUT2D eigenvalue weighted by Crippen LogP contribution is 2.37. The van der Waals surface area contributed by atoms with E-state index in [0.717, 1.165) is 0 Å². The van der Waals surface area contributed by atoms with Crippen molar-refractivity contribution in [1.29, 1.82) is 0 Å². The first-order valence-electron chi connectivity index (χ1n) is 4.36. The number of rotatable bonds is 2. The van der Waals surface area contributed by atoms with Crippen LogP contribution in [0.2, 0.25) is 0 Å². The van der Waals surface area contributed by atoms with Crippen molar-refractivity contribution >= 4 is 0 Å². The van der Waals surface area contributed by atoms with E-state index in [1.54, 1.807) is 0 Å². The fourth-order valence-electron chi connectivity index (χ4n) is 1.65. The molecule has 1 unspecified atom stereocenters. The van der Waals surface area contributed by atoms with Crippen LogP contribution in [0.3, 0.4) is 0 Å². The molecule has 3 N–H and O–H groups in total. The summed E-state index contributed by atoms with van der Waals surface area (Å²) >= 11 is 0. The molecular weight excluding hydrogens is 154 g/mol. The van der Waals surface area contributed by atoms with Crippen LogP contribution in [-0.2, 0) is 4.74 Å². The lowest BCUT2D eigenvalue weighted by Crippen LogP contribution is -2.61. The normalized spacial score (nSPS) is 24.8. The summed E-state index contributed by atoms with van der Waals surface area (Å²) in [5, 5.41) is 9.21. The zero-order chi connectivity index (χ0) is 9.41. The zero-order valence-corrected chi connectivity index (χ0v) is 8.13. The fraction of sp³-hybridized carbons (Fsp3) is 1.00. The molecule has 1 aliphatic rings. The molecule has 0 spiro atoms. The van der Waals surface area contributed by atoms with Gasteiger partial charge in [-0.05, 0) is 5.41 Å². The van der Waals surface area contributed by atoms with Gasteiger partial charge in [-0.2, -0.15) is 0 Å². The number of aliphatic hydroxyl groups is 1. The minimum absolute atomic E-state index is 0.00347. The van der Waals surface area contributed by atoms with Crippen LogP contribution in [0.4, 0.5) is 0 Å². The van der Waals surface area contributed by atoms with E-state index in [0.29, 0.717) is 13.2 Å². The summed E-state index contributed by atoms with van der Waals surface area (Å²) in [6, 6.07) is 0.00347. The van der Waals surface area contributed by atoms with Crippen molar-refractivity contribution in [3.63, 3.8) is 0 Å². The Balaban J connectivity index is 2.67. The van der Waals surface area contributed by atoms with Gasteiger partial charge in [0.1, 0.15) is 0 Å². The molecule has 0 aromatic rings. The topological polar surface area (TPSA) is 55.5 Å². The van der Waals surface area contributed by atoms with E-state index in [1.165, 1.54) is 0 Å². The Hall–Kier alpha value is -0.120. The predicted molar refractivity (Wildman–Crippen MR) is 47.8 cm³/mol. The molecule has 0 aromatic carbocycles. The monoisotopic (exact) mass is 173 g/mol. The number of aliphatic hydroxyl groups excluding tert-OH is 1. The Morgan fingerprint density at radius 2 is 2.00 bits per heavy atom. The lowest BCUT2D eigenvalue weighted by molar-refractivity contribution is -0.163. The van der Waals surface area contributed by atoms with Crippen LogP contribution in [0.25, 0.3) is 0 Å². The molecule has 0 aliphatic carbocycles. The summed E-state index contributed by atoms with van der Waals surface area (Å²) in [6.07, 6.45) is 0. The first kappa shape index (κ1) is 9.96. The van der Waals surface area contributed by atoms with Gasteiger partial charge in [0.25, 0.3) is 0 Å². The molecule has 0 aromatic heterocycles. The Labute approximate surface area is 73.9 Å². The van der Waals surface area contributed by atoms with Crippen molar-refractivity contribution < 1.29 is 9.84 Å². The van der Waals surface area contributed by atoms with Crippen LogP contribution in [0, 0.1) is 10.8 Å². The predicted octanol–water partition coefficient (Wildman–Crippen LogP) is 0.369. The Morgan fingerprint density at radius 3 is 2.08 bits per heavy atom. The molecule has 12 heavy (non-hydrogen) atoms. The molecule has 0 bridgehead atoms. The molecular formula is C9H19NO2. The molecule has 0 radical (unpaired) electrons. The first-order valence-corrected chi connectivity index (χ1v) is 4.36. The van der Waals surface area contributed by atoms with Crippen molar-refractivity contribution in [3.05, 3.63) is 0 Å². The minimum atomic E-state index is -0.182. The van der Waals surface area contributed by atoms with Crippen LogP contribution < -0.4 is 5.73 Å². The van der Waals surface area contributed by atoms with Crippen molar-refractivity contribution in [2.24, 2.45) is 16.6 Å². The Bertz CT molecular complexity index is 153. The fourth-order valence-corrected chi connectivity index (χ4v) is 1.65. The molecule has 72 valence electrons. The van der Waals surface area contributed by atoms with E-state index in [4.69, 9.17) is 10.5 Å². The highest BCUT2D eigenvalue weighted by atomic mass is 16.5. The number of nitrogens with two attached hydrogens (primary N) is 1. The minimum Gasteiger partial charge on any atom is -0.396 e. The summed E-state index contributed by atoms with van der Waals surface area (Å²) in [4.78, 5) is 0. The van der Waals surface area contributed by atoms with E-state index >= 15 is 0 Å². The van der Waals surface area contributed by atoms with Gasteiger partial charge in [0.2, 0.25) is 0 Å². The van der Waals surface area contributed by atoms with Crippen LogP contribution in [0.15, 0.2) is 0 Å². The van der Waals surface area contributed by atoms with Crippen LogP contribution >= 0.6 is 0 Å². The molecule has 0 saturated carbocycles. The maximum absolute atomic E-state index is 9.21. The summed E-state index contributed by atoms with van der Waals surface area (Å²) < 4.78 is 5.11. The second-order valence-electron chi connectivity index (χ2n) is 4.86. The van der Waals surface area contributed by atoms with Gasteiger partial charge < -0.3 is 15.6 Å². The lowest BCUT2D eigenvalue weighted by atomic mass is 9.68. The van der Waals surface area contributed by atoms with Gasteiger partial charge in [0.05, 0.1) is 25.2 Å². The van der Waals surface area contributed by atoms with Crippen molar-refractivity contribution in [2.75, 3.05) is 19.8 Å². The summed E-state index contributed by atoms with van der Waals surface area (Å²) in [5.41, 5.74) is 5.91. The molecule has 1 rings (SSSR count). The standard InChI is InChI=1S/C9H19NO2/c1-8(2,3)7(10)9(4-11)5-12-6-9/h7,11H,4-6,10H2,1-3H3. The Morgan fingerprint density at radius 1 is 1.50 bits per heavy atom. The number of ether oxygens (including phenoxy) is 1. The van der Waals surface area contributed by atoms with Gasteiger partial charge in [-0.15, -0.1) is 0 Å². The summed E-state index contributed by atoms with van der Waals surface area (Å²) in [6.45, 7) is 7.60. The largest absolute Gasteiger partial charge is 0.396 e. The third-order valence-electron chi connectivity index (χ3n) is 2.69. The average Bonchev–Trinajstić information content (AvgIpc) is 1.84. The third kappa shape index (κ3) is 1.49. The van der Waals surface area contributed by atoms with Crippen molar-refractivity contribution in [2.45, 2.75) is 26.8 Å². The van der Waals surface area contributed by atoms with E-state index in [9.17, 15) is 5.11 Å². The summed E-state index contributed by atoms with van der Waals surface area (Å²) in [7, 11) is 0. The van der Waals surface area contributed by atoms with Crippen LogP contribution in [0.5, 0.6) is 0 Å². The molecule has 1 aliphatic heterocycles. The second kappa shape index (κ2) is 2.98. The van der Waals surface area contributed by atoms with Gasteiger partial charge in [0.15, 0.2) is 0 Å². The SMILES string of the molecule is CC(C)(C)C(N)C1(CO)COC1. The molecule has 0 amide bonds. The number of hydrogen-bond acceptors (Lipinski definition) is 3.